The van der Waals surface area contributed by atoms with Crippen molar-refractivity contribution in [2.75, 3.05) is 26.1 Å². The first-order valence-corrected chi connectivity index (χ1v) is 8.23. The first kappa shape index (κ1) is 17.1. The average Bonchev–Trinajstić information content (AvgIpc) is 2.87. The van der Waals surface area contributed by atoms with Crippen LogP contribution in [0.2, 0.25) is 0 Å². The van der Waals surface area contributed by atoms with Crippen LogP contribution in [0.15, 0.2) is 23.6 Å². The van der Waals surface area contributed by atoms with Gasteiger partial charge in [-0.3, -0.25) is 0 Å². The van der Waals surface area contributed by atoms with Crippen molar-refractivity contribution in [3.05, 3.63) is 39.6 Å². The van der Waals surface area contributed by atoms with Gasteiger partial charge in [0.2, 0.25) is 0 Å². The van der Waals surface area contributed by atoms with Crippen LogP contribution in [0.5, 0.6) is 11.5 Å². The van der Waals surface area contributed by atoms with Crippen LogP contribution >= 0.6 is 11.3 Å². The van der Waals surface area contributed by atoms with Crippen molar-refractivity contribution < 1.29 is 14.3 Å². The second-order valence-corrected chi connectivity index (χ2v) is 6.22. The number of aryl methyl sites for hydroxylation is 1. The van der Waals surface area contributed by atoms with E-state index in [0.29, 0.717) is 23.7 Å². The summed E-state index contributed by atoms with van der Waals surface area (Å²) >= 11 is 1.74. The topological polar surface area (TPSA) is 59.6 Å². The van der Waals surface area contributed by atoms with Gasteiger partial charge in [-0.05, 0) is 48.9 Å². The molecular formula is C17H22N2O3S. The van der Waals surface area contributed by atoms with Crippen molar-refractivity contribution in [3.63, 3.8) is 0 Å². The summed E-state index contributed by atoms with van der Waals surface area (Å²) in [6.07, 6.45) is 0.823. The van der Waals surface area contributed by atoms with Crippen molar-refractivity contribution in [1.82, 2.24) is 5.32 Å². The van der Waals surface area contributed by atoms with Gasteiger partial charge in [0.1, 0.15) is 11.5 Å². The molecule has 0 radical (unpaired) electrons. The summed E-state index contributed by atoms with van der Waals surface area (Å²) in [6.45, 7) is 4.81. The lowest BCUT2D eigenvalue weighted by molar-refractivity contribution is 0.252. The fourth-order valence-corrected chi connectivity index (χ4v) is 3.11. The molecule has 1 aromatic carbocycles. The predicted octanol–water partition coefficient (Wildman–Crippen LogP) is 3.75. The van der Waals surface area contributed by atoms with E-state index in [1.54, 1.807) is 43.8 Å². The molecule has 0 saturated carbocycles. The Bertz CT molecular complexity index is 682. The molecule has 1 aromatic heterocycles. The van der Waals surface area contributed by atoms with Gasteiger partial charge in [-0.2, -0.15) is 0 Å². The molecule has 6 heteroatoms. The van der Waals surface area contributed by atoms with Crippen molar-refractivity contribution in [3.8, 4) is 11.5 Å². The van der Waals surface area contributed by atoms with E-state index in [9.17, 15) is 4.79 Å². The fourth-order valence-electron chi connectivity index (χ4n) is 2.19. The molecule has 124 valence electrons. The van der Waals surface area contributed by atoms with Gasteiger partial charge in [0.15, 0.2) is 0 Å². The van der Waals surface area contributed by atoms with E-state index >= 15 is 0 Å². The van der Waals surface area contributed by atoms with Crippen molar-refractivity contribution in [1.29, 1.82) is 0 Å². The van der Waals surface area contributed by atoms with Gasteiger partial charge in [-0.15, -0.1) is 11.3 Å². The molecular weight excluding hydrogens is 312 g/mol. The molecule has 0 saturated heterocycles. The second kappa shape index (κ2) is 7.87. The number of hydrogen-bond acceptors (Lipinski definition) is 4. The summed E-state index contributed by atoms with van der Waals surface area (Å²) in [5.74, 6) is 1.24. The number of nitrogens with one attached hydrogen (secondary N) is 2. The molecule has 5 nitrogen and oxygen atoms in total. The van der Waals surface area contributed by atoms with E-state index in [1.807, 2.05) is 0 Å². The van der Waals surface area contributed by atoms with Gasteiger partial charge in [0.05, 0.1) is 19.9 Å². The number of ether oxygens (including phenoxy) is 2. The second-order valence-electron chi connectivity index (χ2n) is 5.14. The lowest BCUT2D eigenvalue weighted by Crippen LogP contribution is -2.30. The SMILES string of the molecule is COc1ccc(NC(=O)NCCc2csc(C)c2C)c(OC)c1. The molecule has 0 bridgehead atoms. The minimum absolute atomic E-state index is 0.252. The van der Waals surface area contributed by atoms with E-state index in [4.69, 9.17) is 9.47 Å². The lowest BCUT2D eigenvalue weighted by Gasteiger charge is -2.12. The zero-order valence-electron chi connectivity index (χ0n) is 13.9. The van der Waals surface area contributed by atoms with Crippen molar-refractivity contribution >= 4 is 23.1 Å². The number of carbonyl (C=O) groups is 1. The summed E-state index contributed by atoms with van der Waals surface area (Å²) in [7, 11) is 3.14. The molecule has 0 spiro atoms. The highest BCUT2D eigenvalue weighted by Gasteiger charge is 2.09. The molecule has 2 N–H and O–H groups in total. The Morgan fingerprint density at radius 2 is 2.00 bits per heavy atom. The Hall–Kier alpha value is -2.21. The van der Waals surface area contributed by atoms with E-state index < -0.39 is 0 Å². The van der Waals surface area contributed by atoms with Crippen LogP contribution in [-0.2, 0) is 6.42 Å². The fraction of sp³-hybridized carbons (Fsp3) is 0.353. The number of carbonyl (C=O) groups excluding carboxylic acids is 1. The number of urea groups is 1. The van der Waals surface area contributed by atoms with Crippen LogP contribution in [0.25, 0.3) is 0 Å². The van der Waals surface area contributed by atoms with E-state index in [-0.39, 0.29) is 6.03 Å². The maximum atomic E-state index is 12.0. The number of thiophene rings is 1. The van der Waals surface area contributed by atoms with Crippen molar-refractivity contribution in [2.24, 2.45) is 0 Å². The maximum absolute atomic E-state index is 12.0. The Labute approximate surface area is 140 Å². The molecule has 23 heavy (non-hydrogen) atoms. The molecule has 0 aliphatic rings. The normalized spacial score (nSPS) is 10.3. The molecule has 2 amide bonds. The monoisotopic (exact) mass is 334 g/mol. The first-order valence-electron chi connectivity index (χ1n) is 7.35. The molecule has 0 unspecified atom stereocenters. The zero-order chi connectivity index (χ0) is 16.8. The molecule has 0 aliphatic heterocycles. The minimum Gasteiger partial charge on any atom is -0.497 e. The standard InChI is InChI=1S/C17H22N2O3S/c1-11-12(2)23-10-13(11)7-8-18-17(20)19-15-6-5-14(21-3)9-16(15)22-4/h5-6,9-10H,7-8H2,1-4H3,(H2,18,19,20). The number of rotatable bonds is 6. The molecule has 2 aromatic rings. The first-order chi connectivity index (χ1) is 11.0. The van der Waals surface area contributed by atoms with Crippen LogP contribution in [0, 0.1) is 13.8 Å². The van der Waals surface area contributed by atoms with Gasteiger partial charge in [0.25, 0.3) is 0 Å². The molecule has 2 rings (SSSR count). The number of anilines is 1. The lowest BCUT2D eigenvalue weighted by atomic mass is 10.1. The summed E-state index contributed by atoms with van der Waals surface area (Å²) in [6, 6.07) is 5.00. The number of benzene rings is 1. The maximum Gasteiger partial charge on any atom is 0.319 e. The van der Waals surface area contributed by atoms with Gasteiger partial charge < -0.3 is 20.1 Å². The van der Waals surface area contributed by atoms with Crippen LogP contribution in [0.4, 0.5) is 10.5 Å². The third-order valence-electron chi connectivity index (χ3n) is 3.72. The van der Waals surface area contributed by atoms with Gasteiger partial charge in [-0.25, -0.2) is 4.79 Å². The highest BCUT2D eigenvalue weighted by atomic mass is 32.1. The smallest absolute Gasteiger partial charge is 0.319 e. The molecule has 0 atom stereocenters. The van der Waals surface area contributed by atoms with E-state index in [2.05, 4.69) is 29.9 Å². The molecule has 0 fully saturated rings. The van der Waals surface area contributed by atoms with Crippen LogP contribution < -0.4 is 20.1 Å². The van der Waals surface area contributed by atoms with Crippen LogP contribution in [0.3, 0.4) is 0 Å². The van der Waals surface area contributed by atoms with E-state index in [0.717, 1.165) is 6.42 Å². The van der Waals surface area contributed by atoms with Crippen LogP contribution in [0.1, 0.15) is 16.0 Å². The predicted molar refractivity (Wildman–Crippen MR) is 94.1 cm³/mol. The molecule has 0 aliphatic carbocycles. The van der Waals surface area contributed by atoms with Crippen molar-refractivity contribution in [2.45, 2.75) is 20.3 Å². The third-order valence-corrected chi connectivity index (χ3v) is 4.79. The number of methoxy groups -OCH3 is 2. The summed E-state index contributed by atoms with van der Waals surface area (Å²) in [5, 5.41) is 7.80. The Morgan fingerprint density at radius 1 is 1.22 bits per heavy atom. The quantitative estimate of drug-likeness (QED) is 0.846. The number of amides is 2. The van der Waals surface area contributed by atoms with Gasteiger partial charge >= 0.3 is 6.03 Å². The third kappa shape index (κ3) is 4.39. The number of hydrogen-bond donors (Lipinski definition) is 2. The highest BCUT2D eigenvalue weighted by molar-refractivity contribution is 7.10. The van der Waals surface area contributed by atoms with E-state index in [1.165, 1.54) is 16.0 Å². The van der Waals surface area contributed by atoms with Gasteiger partial charge in [-0.1, -0.05) is 0 Å². The average molecular weight is 334 g/mol. The van der Waals surface area contributed by atoms with Crippen LogP contribution in [-0.4, -0.2) is 26.8 Å². The zero-order valence-corrected chi connectivity index (χ0v) is 14.7. The summed E-state index contributed by atoms with van der Waals surface area (Å²) in [4.78, 5) is 13.3. The molecule has 1 heterocycles. The Morgan fingerprint density at radius 3 is 2.61 bits per heavy atom. The Balaban J connectivity index is 1.88. The largest absolute Gasteiger partial charge is 0.497 e. The minimum atomic E-state index is -0.252. The highest BCUT2D eigenvalue weighted by Crippen LogP contribution is 2.28. The summed E-state index contributed by atoms with van der Waals surface area (Å²) in [5.41, 5.74) is 3.21. The van der Waals surface area contributed by atoms with Gasteiger partial charge in [0, 0.05) is 17.5 Å². The Kier molecular flexibility index (Phi) is 5.87. The summed E-state index contributed by atoms with van der Waals surface area (Å²) < 4.78 is 10.4.